The molecule has 9 heteroatoms. The van der Waals surface area contributed by atoms with E-state index in [2.05, 4.69) is 10.4 Å². The van der Waals surface area contributed by atoms with E-state index in [1.54, 1.807) is 0 Å². The summed E-state index contributed by atoms with van der Waals surface area (Å²) in [6.07, 6.45) is -2.21. The third-order valence-corrected chi connectivity index (χ3v) is 3.74. The largest absolute Gasteiger partial charge is 0.417 e. The van der Waals surface area contributed by atoms with Crippen molar-refractivity contribution in [2.75, 3.05) is 5.32 Å². The molecule has 1 aromatic carbocycles. The first-order valence-electron chi connectivity index (χ1n) is 7.85. The second-order valence-corrected chi connectivity index (χ2v) is 5.71. The fourth-order valence-corrected chi connectivity index (χ4v) is 2.52. The summed E-state index contributed by atoms with van der Waals surface area (Å²) in [5.74, 6) is -1.77. The molecule has 1 atom stereocenters. The molecule has 138 valence electrons. The molecule has 5 nitrogen and oxygen atoms in total. The van der Waals surface area contributed by atoms with E-state index in [4.69, 9.17) is 5.26 Å². The van der Waals surface area contributed by atoms with Gasteiger partial charge in [0.25, 0.3) is 0 Å². The lowest BCUT2D eigenvalue weighted by Crippen LogP contribution is -2.27. The highest BCUT2D eigenvalue weighted by Gasteiger charge is 2.34. The molecule has 26 heavy (non-hydrogen) atoms. The molecule has 1 N–H and O–H groups in total. The molecule has 0 fully saturated rings. The van der Waals surface area contributed by atoms with Crippen LogP contribution in [0.2, 0.25) is 0 Å². The maximum Gasteiger partial charge on any atom is 0.417 e. The number of amides is 1. The lowest BCUT2D eigenvalue weighted by Gasteiger charge is -2.17. The summed E-state index contributed by atoms with van der Waals surface area (Å²) in [6.45, 7) is 1.96. The molecule has 0 unspecified atom stereocenters. The number of anilines is 1. The number of aromatic nitrogens is 2. The number of carbonyl (C=O) groups is 1. The molecule has 0 saturated carbocycles. The summed E-state index contributed by atoms with van der Waals surface area (Å²) >= 11 is 0. The van der Waals surface area contributed by atoms with Gasteiger partial charge in [-0.25, -0.2) is 0 Å². The smallest absolute Gasteiger partial charge is 0.326 e. The second kappa shape index (κ2) is 7.99. The summed E-state index contributed by atoms with van der Waals surface area (Å²) in [6, 6.07) is 5.61. The van der Waals surface area contributed by atoms with E-state index in [0.29, 0.717) is 12.8 Å². The number of nitrogens with one attached hydrogen (secondary N) is 1. The van der Waals surface area contributed by atoms with E-state index in [1.165, 1.54) is 23.0 Å². The van der Waals surface area contributed by atoms with Gasteiger partial charge < -0.3 is 5.32 Å². The van der Waals surface area contributed by atoms with E-state index in [-0.39, 0.29) is 12.2 Å². The van der Waals surface area contributed by atoms with Crippen LogP contribution in [-0.2, 0) is 17.5 Å². The Bertz CT molecular complexity index is 823. The minimum absolute atomic E-state index is 0.0610. The van der Waals surface area contributed by atoms with Crippen molar-refractivity contribution in [3.8, 4) is 6.07 Å². The Morgan fingerprint density at radius 3 is 2.65 bits per heavy atom. The van der Waals surface area contributed by atoms with Gasteiger partial charge in [-0.1, -0.05) is 13.3 Å². The molecule has 0 aliphatic rings. The number of benzene rings is 1. The van der Waals surface area contributed by atoms with Gasteiger partial charge in [-0.2, -0.15) is 22.8 Å². The summed E-state index contributed by atoms with van der Waals surface area (Å²) in [7, 11) is 0. The van der Waals surface area contributed by atoms with Crippen molar-refractivity contribution >= 4 is 11.6 Å². The maximum atomic E-state index is 13.0. The number of hydrogen-bond donors (Lipinski definition) is 1. The lowest BCUT2D eigenvalue weighted by molar-refractivity contribution is -0.137. The summed E-state index contributed by atoms with van der Waals surface area (Å²) in [4.78, 5) is 12.4. The third kappa shape index (κ3) is 4.81. The Labute approximate surface area is 147 Å². The van der Waals surface area contributed by atoms with E-state index in [9.17, 15) is 22.4 Å². The highest BCUT2D eigenvalue weighted by molar-refractivity contribution is 5.92. The first-order valence-corrected chi connectivity index (χ1v) is 7.85. The van der Waals surface area contributed by atoms with Crippen LogP contribution in [0.25, 0.3) is 0 Å². The molecule has 2 rings (SSSR count). The minimum atomic E-state index is -4.71. The molecular weight excluding hydrogens is 352 g/mol. The number of carbonyl (C=O) groups excluding carboxylic acids is 1. The first-order chi connectivity index (χ1) is 12.2. The van der Waals surface area contributed by atoms with E-state index < -0.39 is 35.1 Å². The van der Waals surface area contributed by atoms with Gasteiger partial charge in [-0.3, -0.25) is 9.48 Å². The van der Waals surface area contributed by atoms with E-state index >= 15 is 0 Å². The van der Waals surface area contributed by atoms with Crippen LogP contribution < -0.4 is 5.32 Å². The van der Waals surface area contributed by atoms with Crippen molar-refractivity contribution in [2.45, 2.75) is 32.5 Å². The van der Waals surface area contributed by atoms with Crippen molar-refractivity contribution < 1.29 is 22.4 Å². The minimum Gasteiger partial charge on any atom is -0.326 e. The number of rotatable bonds is 6. The Kier molecular flexibility index (Phi) is 5.97. The number of alkyl halides is 3. The van der Waals surface area contributed by atoms with Crippen molar-refractivity contribution in [1.29, 1.82) is 5.26 Å². The van der Waals surface area contributed by atoms with Crippen LogP contribution in [0.4, 0.5) is 23.2 Å². The lowest BCUT2D eigenvalue weighted by atomic mass is 10.0. The fraction of sp³-hybridized carbons (Fsp3) is 0.353. The normalized spacial score (nSPS) is 12.5. The Balaban J connectivity index is 2.19. The predicted octanol–water partition coefficient (Wildman–Crippen LogP) is 3.97. The number of nitriles is 1. The van der Waals surface area contributed by atoms with Gasteiger partial charge in [0.1, 0.15) is 0 Å². The average molecular weight is 368 g/mol. The van der Waals surface area contributed by atoms with Crippen molar-refractivity contribution in [1.82, 2.24) is 9.78 Å². The molecular formula is C17H16F4N4O. The second-order valence-electron chi connectivity index (χ2n) is 5.71. The Morgan fingerprint density at radius 2 is 2.12 bits per heavy atom. The monoisotopic (exact) mass is 368 g/mol. The van der Waals surface area contributed by atoms with Gasteiger partial charge in [0, 0.05) is 18.0 Å². The highest BCUT2D eigenvalue weighted by Crippen LogP contribution is 2.33. The van der Waals surface area contributed by atoms with Crippen molar-refractivity contribution in [2.24, 2.45) is 5.92 Å². The van der Waals surface area contributed by atoms with Gasteiger partial charge in [0.2, 0.25) is 11.9 Å². The van der Waals surface area contributed by atoms with Crippen LogP contribution in [0.15, 0.2) is 30.5 Å². The van der Waals surface area contributed by atoms with Crippen LogP contribution in [-0.4, -0.2) is 15.7 Å². The van der Waals surface area contributed by atoms with Crippen molar-refractivity contribution in [3.63, 3.8) is 0 Å². The highest BCUT2D eigenvalue weighted by atomic mass is 19.4. The molecule has 0 spiro atoms. The van der Waals surface area contributed by atoms with Crippen LogP contribution in [0.3, 0.4) is 0 Å². The van der Waals surface area contributed by atoms with Gasteiger partial charge in [0.15, 0.2) is 0 Å². The zero-order chi connectivity index (χ0) is 19.3. The average Bonchev–Trinajstić information content (AvgIpc) is 2.98. The zero-order valence-electron chi connectivity index (χ0n) is 13.8. The Hall–Kier alpha value is -2.89. The molecule has 0 bridgehead atoms. The summed E-state index contributed by atoms with van der Waals surface area (Å²) in [5, 5.41) is 14.8. The first kappa shape index (κ1) is 19.4. The van der Waals surface area contributed by atoms with Crippen molar-refractivity contribution in [3.05, 3.63) is 47.5 Å². The molecule has 2 aromatic rings. The van der Waals surface area contributed by atoms with Crippen LogP contribution in [0.5, 0.6) is 0 Å². The molecule has 1 amide bonds. The quantitative estimate of drug-likeness (QED) is 0.785. The number of hydrogen-bond acceptors (Lipinski definition) is 3. The molecule has 0 saturated heterocycles. The zero-order valence-corrected chi connectivity index (χ0v) is 13.8. The number of halogens is 4. The van der Waals surface area contributed by atoms with Gasteiger partial charge in [-0.15, -0.1) is 5.10 Å². The van der Waals surface area contributed by atoms with Gasteiger partial charge in [-0.05, 0) is 24.6 Å². The molecule has 1 aromatic heterocycles. The van der Waals surface area contributed by atoms with Gasteiger partial charge in [0.05, 0.1) is 29.7 Å². The molecule has 0 radical (unpaired) electrons. The standard InChI is InChI=1S/C17H16F4N4O/c1-2-3-12(10-25-7-6-15(18)24-25)16(26)23-13-5-4-11(9-22)14(8-13)17(19,20)21/h4-8,12H,2-3,10H2,1H3,(H,23,26)/t12-/m0/s1. The van der Waals surface area contributed by atoms with E-state index in [1.807, 2.05) is 6.92 Å². The molecule has 1 heterocycles. The topological polar surface area (TPSA) is 70.7 Å². The SMILES string of the molecule is CCC[C@@H](Cn1ccc(F)n1)C(=O)Nc1ccc(C#N)c(C(F)(F)F)c1. The number of nitrogens with zero attached hydrogens (tertiary/aromatic N) is 3. The summed E-state index contributed by atoms with van der Waals surface area (Å²) in [5.41, 5.74) is -1.69. The van der Waals surface area contributed by atoms with Crippen LogP contribution in [0.1, 0.15) is 30.9 Å². The van der Waals surface area contributed by atoms with Gasteiger partial charge >= 0.3 is 6.18 Å². The van der Waals surface area contributed by atoms with Crippen LogP contribution >= 0.6 is 0 Å². The summed E-state index contributed by atoms with van der Waals surface area (Å²) < 4.78 is 53.3. The third-order valence-electron chi connectivity index (χ3n) is 3.74. The van der Waals surface area contributed by atoms with E-state index in [0.717, 1.165) is 18.2 Å². The molecule has 0 aliphatic carbocycles. The maximum absolute atomic E-state index is 13.0. The fourth-order valence-electron chi connectivity index (χ4n) is 2.52. The molecule has 0 aliphatic heterocycles. The Morgan fingerprint density at radius 1 is 1.38 bits per heavy atom. The van der Waals surface area contributed by atoms with Crippen LogP contribution in [0, 0.1) is 23.2 Å². The predicted molar refractivity (Wildman–Crippen MR) is 85.4 cm³/mol.